The van der Waals surface area contributed by atoms with Gasteiger partial charge < -0.3 is 14.6 Å². The largest absolute Gasteiger partial charge is 0.380 e. The van der Waals surface area contributed by atoms with E-state index in [1.807, 2.05) is 30.3 Å². The van der Waals surface area contributed by atoms with Crippen molar-refractivity contribution >= 4 is 11.2 Å². The second-order valence-corrected chi connectivity index (χ2v) is 8.36. The summed E-state index contributed by atoms with van der Waals surface area (Å²) in [6, 6.07) is 9.27. The van der Waals surface area contributed by atoms with Gasteiger partial charge in [0.2, 0.25) is 0 Å². The molecule has 0 saturated carbocycles. The van der Waals surface area contributed by atoms with Crippen molar-refractivity contribution in [2.45, 2.75) is 52.2 Å². The predicted octanol–water partition coefficient (Wildman–Crippen LogP) is 2.42. The first kappa shape index (κ1) is 23.9. The summed E-state index contributed by atoms with van der Waals surface area (Å²) in [4.78, 5) is 32.6. The van der Waals surface area contributed by atoms with Crippen LogP contribution in [0.5, 0.6) is 0 Å². The molecule has 3 rings (SSSR count). The number of benzene rings is 1. The molecule has 0 aliphatic heterocycles. The zero-order valence-electron chi connectivity index (χ0n) is 19.6. The first-order chi connectivity index (χ1) is 15.4. The van der Waals surface area contributed by atoms with Crippen LogP contribution in [0.3, 0.4) is 0 Å². The molecule has 3 aromatic rings. The third-order valence-corrected chi connectivity index (χ3v) is 6.03. The molecule has 0 fully saturated rings. The van der Waals surface area contributed by atoms with Crippen molar-refractivity contribution in [2.75, 3.05) is 19.6 Å². The predicted molar refractivity (Wildman–Crippen MR) is 127 cm³/mol. The molecule has 0 bridgehead atoms. The monoisotopic (exact) mass is 441 g/mol. The van der Waals surface area contributed by atoms with Crippen LogP contribution in [-0.4, -0.2) is 48.3 Å². The van der Waals surface area contributed by atoms with Crippen molar-refractivity contribution in [3.8, 4) is 0 Å². The van der Waals surface area contributed by atoms with Crippen molar-refractivity contribution in [3.05, 3.63) is 62.6 Å². The Morgan fingerprint density at radius 3 is 2.19 bits per heavy atom. The van der Waals surface area contributed by atoms with E-state index in [0.29, 0.717) is 29.1 Å². The molecule has 0 amide bonds. The lowest BCUT2D eigenvalue weighted by molar-refractivity contribution is 0.200. The van der Waals surface area contributed by atoms with E-state index in [1.54, 1.807) is 11.6 Å². The second-order valence-electron chi connectivity index (χ2n) is 8.36. The van der Waals surface area contributed by atoms with Crippen molar-refractivity contribution in [1.82, 2.24) is 23.6 Å². The summed E-state index contributed by atoms with van der Waals surface area (Å²) >= 11 is 0. The van der Waals surface area contributed by atoms with Crippen molar-refractivity contribution in [1.29, 1.82) is 0 Å². The van der Waals surface area contributed by atoms with Crippen LogP contribution in [0.1, 0.15) is 57.0 Å². The molecular weight excluding hydrogens is 406 g/mol. The Bertz CT molecular complexity index is 1140. The fourth-order valence-corrected chi connectivity index (χ4v) is 4.02. The number of aliphatic hydroxyl groups excluding tert-OH is 1. The SMILES string of the molecule is CCCCN(CCCC)CCn1c(C(O)c2ccccc2)nc2c1c(=O)n(C)c(=O)n2C. The minimum absolute atomic E-state index is 0.303. The summed E-state index contributed by atoms with van der Waals surface area (Å²) in [5.74, 6) is 0.385. The van der Waals surface area contributed by atoms with Crippen LogP contribution in [0.2, 0.25) is 0 Å². The minimum atomic E-state index is -0.997. The quantitative estimate of drug-likeness (QED) is 0.494. The van der Waals surface area contributed by atoms with Crippen LogP contribution < -0.4 is 11.2 Å². The molecule has 1 aromatic carbocycles. The normalized spacial score (nSPS) is 12.7. The number of fused-ring (bicyclic) bond motifs is 1. The molecule has 32 heavy (non-hydrogen) atoms. The van der Waals surface area contributed by atoms with Crippen LogP contribution in [0.4, 0.5) is 0 Å². The summed E-state index contributed by atoms with van der Waals surface area (Å²) in [5, 5.41) is 11.1. The number of unbranched alkanes of at least 4 members (excludes halogenated alkanes) is 2. The molecule has 8 nitrogen and oxygen atoms in total. The van der Waals surface area contributed by atoms with E-state index in [-0.39, 0.29) is 0 Å². The van der Waals surface area contributed by atoms with Crippen LogP contribution in [0, 0.1) is 0 Å². The number of aromatic nitrogens is 4. The van der Waals surface area contributed by atoms with Crippen molar-refractivity contribution in [2.24, 2.45) is 14.1 Å². The Hall–Kier alpha value is -2.71. The maximum absolute atomic E-state index is 13.1. The van der Waals surface area contributed by atoms with Crippen molar-refractivity contribution < 1.29 is 5.11 Å². The number of hydrogen-bond donors (Lipinski definition) is 1. The lowest BCUT2D eigenvalue weighted by Gasteiger charge is -2.23. The van der Waals surface area contributed by atoms with Gasteiger partial charge in [-0.3, -0.25) is 13.9 Å². The molecule has 1 unspecified atom stereocenters. The molecule has 0 saturated heterocycles. The standard InChI is InChI=1S/C24H35N5O3/c1-5-7-14-28(15-8-6-2)16-17-29-19-21(26(3)24(32)27(4)23(19)31)25-22(29)20(30)18-12-10-9-11-13-18/h9-13,20,30H,5-8,14-17H2,1-4H3. The third kappa shape index (κ3) is 4.86. The number of rotatable bonds is 11. The van der Waals surface area contributed by atoms with Gasteiger partial charge in [0.15, 0.2) is 11.2 Å². The number of aryl methyl sites for hydroxylation is 1. The molecule has 8 heteroatoms. The highest BCUT2D eigenvalue weighted by Gasteiger charge is 2.24. The molecular formula is C24H35N5O3. The third-order valence-electron chi connectivity index (χ3n) is 6.03. The summed E-state index contributed by atoms with van der Waals surface area (Å²) in [5.41, 5.74) is 0.526. The molecule has 0 aliphatic carbocycles. The number of aliphatic hydroxyl groups is 1. The van der Waals surface area contributed by atoms with Gasteiger partial charge in [-0.15, -0.1) is 0 Å². The van der Waals surface area contributed by atoms with E-state index in [2.05, 4.69) is 23.7 Å². The van der Waals surface area contributed by atoms with E-state index >= 15 is 0 Å². The van der Waals surface area contributed by atoms with Gasteiger partial charge in [0.25, 0.3) is 5.56 Å². The Labute approximate surface area is 188 Å². The lowest BCUT2D eigenvalue weighted by Crippen LogP contribution is -2.38. The number of hydrogen-bond acceptors (Lipinski definition) is 5. The van der Waals surface area contributed by atoms with Gasteiger partial charge >= 0.3 is 5.69 Å². The topological polar surface area (TPSA) is 85.3 Å². The minimum Gasteiger partial charge on any atom is -0.380 e. The van der Waals surface area contributed by atoms with E-state index < -0.39 is 17.4 Å². The van der Waals surface area contributed by atoms with Gasteiger partial charge in [-0.05, 0) is 31.5 Å². The van der Waals surface area contributed by atoms with Gasteiger partial charge in [0.1, 0.15) is 11.9 Å². The van der Waals surface area contributed by atoms with Gasteiger partial charge in [-0.1, -0.05) is 57.0 Å². The van der Waals surface area contributed by atoms with Crippen molar-refractivity contribution in [3.63, 3.8) is 0 Å². The summed E-state index contributed by atoms with van der Waals surface area (Å²) in [6.07, 6.45) is 3.48. The fraction of sp³-hybridized carbons (Fsp3) is 0.542. The molecule has 2 aromatic heterocycles. The summed E-state index contributed by atoms with van der Waals surface area (Å²) < 4.78 is 4.28. The summed E-state index contributed by atoms with van der Waals surface area (Å²) in [6.45, 7) is 7.61. The van der Waals surface area contributed by atoms with Crippen LogP contribution in [0.25, 0.3) is 11.2 Å². The highest BCUT2D eigenvalue weighted by Crippen LogP contribution is 2.24. The van der Waals surface area contributed by atoms with E-state index in [0.717, 1.165) is 49.9 Å². The second kappa shape index (κ2) is 10.7. The molecule has 0 radical (unpaired) electrons. The first-order valence-electron chi connectivity index (χ1n) is 11.5. The Balaban J connectivity index is 2.09. The molecule has 0 spiro atoms. The fourth-order valence-electron chi connectivity index (χ4n) is 4.02. The van der Waals surface area contributed by atoms with E-state index in [9.17, 15) is 14.7 Å². The number of imidazole rings is 1. The highest BCUT2D eigenvalue weighted by molar-refractivity contribution is 5.71. The van der Waals surface area contributed by atoms with E-state index in [1.165, 1.54) is 11.6 Å². The number of nitrogens with zero attached hydrogens (tertiary/aromatic N) is 5. The average molecular weight is 442 g/mol. The Kier molecular flexibility index (Phi) is 8.04. The Morgan fingerprint density at radius 1 is 0.969 bits per heavy atom. The highest BCUT2D eigenvalue weighted by atomic mass is 16.3. The van der Waals surface area contributed by atoms with Crippen LogP contribution >= 0.6 is 0 Å². The van der Waals surface area contributed by atoms with Gasteiger partial charge in [-0.2, -0.15) is 0 Å². The van der Waals surface area contributed by atoms with Gasteiger partial charge in [0, 0.05) is 27.2 Å². The average Bonchev–Trinajstić information content (AvgIpc) is 3.20. The van der Waals surface area contributed by atoms with Crippen LogP contribution in [-0.2, 0) is 20.6 Å². The van der Waals surface area contributed by atoms with Gasteiger partial charge in [0.05, 0.1) is 0 Å². The van der Waals surface area contributed by atoms with Gasteiger partial charge in [-0.25, -0.2) is 9.78 Å². The molecule has 174 valence electrons. The smallest absolute Gasteiger partial charge is 0.332 e. The molecule has 0 aliphatic rings. The zero-order valence-corrected chi connectivity index (χ0v) is 19.6. The maximum atomic E-state index is 13.1. The summed E-state index contributed by atoms with van der Waals surface area (Å²) in [7, 11) is 3.08. The Morgan fingerprint density at radius 2 is 1.59 bits per heavy atom. The zero-order chi connectivity index (χ0) is 23.3. The van der Waals surface area contributed by atoms with E-state index in [4.69, 9.17) is 0 Å². The molecule has 1 atom stereocenters. The maximum Gasteiger partial charge on any atom is 0.332 e. The van der Waals surface area contributed by atoms with Crippen LogP contribution in [0.15, 0.2) is 39.9 Å². The first-order valence-corrected chi connectivity index (χ1v) is 11.5. The molecule has 1 N–H and O–H groups in total. The molecule has 2 heterocycles. The lowest BCUT2D eigenvalue weighted by atomic mass is 10.1.